The lowest BCUT2D eigenvalue weighted by Gasteiger charge is -2.08. The summed E-state index contributed by atoms with van der Waals surface area (Å²) in [4.78, 5) is 4.40. The van der Waals surface area contributed by atoms with Crippen LogP contribution in [0, 0.1) is 11.6 Å². The molecule has 6 heteroatoms. The summed E-state index contributed by atoms with van der Waals surface area (Å²) in [6, 6.07) is 12.8. The predicted octanol–water partition coefficient (Wildman–Crippen LogP) is 6.20. The van der Waals surface area contributed by atoms with Crippen molar-refractivity contribution in [2.75, 3.05) is 0 Å². The fourth-order valence-corrected chi connectivity index (χ4v) is 3.43. The van der Waals surface area contributed by atoms with Gasteiger partial charge in [0.2, 0.25) is 0 Å². The van der Waals surface area contributed by atoms with Crippen molar-refractivity contribution >= 4 is 34.2 Å². The molecule has 0 atom stereocenters. The predicted molar refractivity (Wildman–Crippen MR) is 100 cm³/mol. The highest BCUT2D eigenvalue weighted by molar-refractivity contribution is 6.35. The smallest absolute Gasteiger partial charge is 0.150 e. The van der Waals surface area contributed by atoms with Gasteiger partial charge in [0.05, 0.1) is 0 Å². The van der Waals surface area contributed by atoms with Crippen molar-refractivity contribution < 1.29 is 8.78 Å². The normalized spacial score (nSPS) is 11.2. The first-order valence-corrected chi connectivity index (χ1v) is 8.63. The summed E-state index contributed by atoms with van der Waals surface area (Å²) in [5.74, 6) is -1.28. The van der Waals surface area contributed by atoms with Crippen molar-refractivity contribution in [1.82, 2.24) is 9.55 Å². The van der Waals surface area contributed by atoms with E-state index in [0.29, 0.717) is 22.1 Å². The summed E-state index contributed by atoms with van der Waals surface area (Å²) < 4.78 is 29.6. The van der Waals surface area contributed by atoms with Gasteiger partial charge in [-0.15, -0.1) is 0 Å². The third-order valence-corrected chi connectivity index (χ3v) is 4.76. The Labute approximate surface area is 158 Å². The number of benzene rings is 2. The number of halogens is 4. The van der Waals surface area contributed by atoms with Crippen molar-refractivity contribution in [1.29, 1.82) is 0 Å². The molecule has 0 unspecified atom stereocenters. The number of aromatic nitrogens is 2. The molecule has 0 bridgehead atoms. The summed E-state index contributed by atoms with van der Waals surface area (Å²) >= 11 is 12.1. The average Bonchev–Trinajstić information content (AvgIpc) is 3.00. The van der Waals surface area contributed by atoms with E-state index in [9.17, 15) is 8.78 Å². The second-order valence-electron chi connectivity index (χ2n) is 5.92. The van der Waals surface area contributed by atoms with Crippen LogP contribution in [0.15, 0.2) is 60.9 Å². The number of hydrogen-bond donors (Lipinski definition) is 0. The van der Waals surface area contributed by atoms with Gasteiger partial charge in [-0.25, -0.2) is 13.8 Å². The van der Waals surface area contributed by atoms with E-state index in [2.05, 4.69) is 4.98 Å². The lowest BCUT2D eigenvalue weighted by Crippen LogP contribution is -2.01. The van der Waals surface area contributed by atoms with Crippen molar-refractivity contribution in [3.05, 3.63) is 93.7 Å². The molecule has 0 saturated heterocycles. The quantitative estimate of drug-likeness (QED) is 0.408. The Bertz CT molecular complexity index is 1100. The van der Waals surface area contributed by atoms with Gasteiger partial charge in [-0.3, -0.25) is 4.57 Å². The Morgan fingerprint density at radius 2 is 1.73 bits per heavy atom. The average molecular weight is 389 g/mol. The molecule has 0 spiro atoms. The van der Waals surface area contributed by atoms with Crippen LogP contribution in [0.25, 0.3) is 16.7 Å². The van der Waals surface area contributed by atoms with Crippen molar-refractivity contribution in [2.45, 2.75) is 6.42 Å². The SMILES string of the molecule is Fc1cccc(F)c1-n1ccc2cc(Cc3ccc(Cl)cc3Cl)cnc21. The fraction of sp³-hybridized carbons (Fsp3) is 0.0500. The van der Waals surface area contributed by atoms with Crippen LogP contribution in [0.1, 0.15) is 11.1 Å². The molecule has 0 radical (unpaired) electrons. The van der Waals surface area contributed by atoms with Crippen LogP contribution in [-0.4, -0.2) is 9.55 Å². The molecule has 0 N–H and O–H groups in total. The van der Waals surface area contributed by atoms with Crippen LogP contribution < -0.4 is 0 Å². The van der Waals surface area contributed by atoms with Crippen molar-refractivity contribution in [3.63, 3.8) is 0 Å². The summed E-state index contributed by atoms with van der Waals surface area (Å²) in [5, 5.41) is 1.95. The molecule has 0 amide bonds. The van der Waals surface area contributed by atoms with E-state index in [4.69, 9.17) is 23.2 Å². The minimum absolute atomic E-state index is 0.136. The van der Waals surface area contributed by atoms with E-state index in [1.807, 2.05) is 12.1 Å². The molecule has 2 heterocycles. The van der Waals surface area contributed by atoms with Gasteiger partial charge >= 0.3 is 0 Å². The van der Waals surface area contributed by atoms with Crippen LogP contribution >= 0.6 is 23.2 Å². The first-order chi connectivity index (χ1) is 12.5. The van der Waals surface area contributed by atoms with E-state index in [-0.39, 0.29) is 5.69 Å². The third kappa shape index (κ3) is 3.06. The van der Waals surface area contributed by atoms with Crippen LogP contribution in [0.5, 0.6) is 0 Å². The van der Waals surface area contributed by atoms with Crippen LogP contribution in [-0.2, 0) is 6.42 Å². The second kappa shape index (κ2) is 6.71. The highest BCUT2D eigenvalue weighted by Crippen LogP contribution is 2.26. The molecule has 0 saturated carbocycles. The lowest BCUT2D eigenvalue weighted by atomic mass is 10.1. The largest absolute Gasteiger partial charge is 0.296 e. The highest BCUT2D eigenvalue weighted by atomic mass is 35.5. The second-order valence-corrected chi connectivity index (χ2v) is 6.77. The molecule has 2 nitrogen and oxygen atoms in total. The monoisotopic (exact) mass is 388 g/mol. The van der Waals surface area contributed by atoms with Gasteiger partial charge in [-0.2, -0.15) is 0 Å². The lowest BCUT2D eigenvalue weighted by molar-refractivity contribution is 0.571. The van der Waals surface area contributed by atoms with Gasteiger partial charge in [0, 0.05) is 34.2 Å². The number of fused-ring (bicyclic) bond motifs is 1. The van der Waals surface area contributed by atoms with Gasteiger partial charge < -0.3 is 0 Å². The standard InChI is InChI=1S/C20H12Cl2F2N2/c21-15-5-4-13(16(22)10-15)8-12-9-14-6-7-26(20(14)25-11-12)19-17(23)2-1-3-18(19)24/h1-7,9-11H,8H2. The Hall–Kier alpha value is -2.43. The zero-order chi connectivity index (χ0) is 18.3. The van der Waals surface area contributed by atoms with E-state index >= 15 is 0 Å². The molecule has 0 aliphatic heterocycles. The Kier molecular flexibility index (Phi) is 4.39. The Balaban J connectivity index is 1.74. The minimum atomic E-state index is -0.638. The molecule has 26 heavy (non-hydrogen) atoms. The van der Waals surface area contributed by atoms with Crippen molar-refractivity contribution in [2.24, 2.45) is 0 Å². The summed E-state index contributed by atoms with van der Waals surface area (Å²) in [5.41, 5.74) is 2.22. The molecule has 4 rings (SSSR count). The highest BCUT2D eigenvalue weighted by Gasteiger charge is 2.14. The molecule has 0 fully saturated rings. The number of pyridine rings is 1. The van der Waals surface area contributed by atoms with Crippen LogP contribution in [0.4, 0.5) is 8.78 Å². The van der Waals surface area contributed by atoms with Crippen molar-refractivity contribution in [3.8, 4) is 5.69 Å². The van der Waals surface area contributed by atoms with Gasteiger partial charge in [-0.1, -0.05) is 35.3 Å². The summed E-state index contributed by atoms with van der Waals surface area (Å²) in [6.07, 6.45) is 3.87. The number of hydrogen-bond acceptors (Lipinski definition) is 1. The zero-order valence-corrected chi connectivity index (χ0v) is 14.9. The van der Waals surface area contributed by atoms with E-state index < -0.39 is 11.6 Å². The van der Waals surface area contributed by atoms with Gasteiger partial charge in [0.25, 0.3) is 0 Å². The molecule has 0 aliphatic rings. The Morgan fingerprint density at radius 3 is 2.46 bits per heavy atom. The van der Waals surface area contributed by atoms with Crippen LogP contribution in [0.2, 0.25) is 10.0 Å². The summed E-state index contributed by atoms with van der Waals surface area (Å²) in [6.45, 7) is 0. The maximum absolute atomic E-state index is 14.1. The minimum Gasteiger partial charge on any atom is -0.296 e. The Morgan fingerprint density at radius 1 is 0.962 bits per heavy atom. The van der Waals surface area contributed by atoms with Gasteiger partial charge in [-0.05, 0) is 47.5 Å². The van der Waals surface area contributed by atoms with Gasteiger partial charge in [0.15, 0.2) is 0 Å². The number of rotatable bonds is 3. The molecular formula is C20H12Cl2F2N2. The molecule has 4 aromatic rings. The van der Waals surface area contributed by atoms with E-state index in [0.717, 1.165) is 16.5 Å². The molecule has 130 valence electrons. The first kappa shape index (κ1) is 17.0. The maximum atomic E-state index is 14.1. The maximum Gasteiger partial charge on any atom is 0.150 e. The third-order valence-electron chi connectivity index (χ3n) is 4.17. The zero-order valence-electron chi connectivity index (χ0n) is 13.4. The molecule has 2 aromatic heterocycles. The number of para-hydroxylation sites is 1. The van der Waals surface area contributed by atoms with E-state index in [1.165, 1.54) is 22.8 Å². The van der Waals surface area contributed by atoms with E-state index in [1.54, 1.807) is 30.6 Å². The van der Waals surface area contributed by atoms with Gasteiger partial charge in [0.1, 0.15) is 23.0 Å². The number of nitrogens with zero attached hydrogens (tertiary/aromatic N) is 2. The topological polar surface area (TPSA) is 17.8 Å². The summed E-state index contributed by atoms with van der Waals surface area (Å²) in [7, 11) is 0. The fourth-order valence-electron chi connectivity index (χ4n) is 2.95. The molecular weight excluding hydrogens is 377 g/mol. The first-order valence-electron chi connectivity index (χ1n) is 7.87. The molecule has 0 aliphatic carbocycles. The van der Waals surface area contributed by atoms with Crippen LogP contribution in [0.3, 0.4) is 0 Å². The molecule has 2 aromatic carbocycles.